The van der Waals surface area contributed by atoms with Crippen molar-refractivity contribution < 1.29 is 19.1 Å². The van der Waals surface area contributed by atoms with Gasteiger partial charge in [-0.05, 0) is 43.5 Å². The first-order chi connectivity index (χ1) is 15.6. The van der Waals surface area contributed by atoms with Crippen LogP contribution in [0.5, 0.6) is 5.75 Å². The average molecular weight is 468 g/mol. The lowest BCUT2D eigenvalue weighted by Crippen LogP contribution is -2.21. The van der Waals surface area contributed by atoms with E-state index in [-0.39, 0.29) is 18.4 Å². The predicted molar refractivity (Wildman–Crippen MR) is 133 cm³/mol. The van der Waals surface area contributed by atoms with Crippen LogP contribution < -0.4 is 4.43 Å². The van der Waals surface area contributed by atoms with Gasteiger partial charge in [-0.1, -0.05) is 51.1 Å². The molecule has 1 radical (unpaired) electrons. The lowest BCUT2D eigenvalue weighted by Gasteiger charge is -2.27. The lowest BCUT2D eigenvalue weighted by atomic mass is 9.83. The number of rotatable bonds is 9. The summed E-state index contributed by atoms with van der Waals surface area (Å²) in [6, 6.07) is 12.4. The van der Waals surface area contributed by atoms with Gasteiger partial charge in [-0.3, -0.25) is 4.79 Å². The number of aromatic amines is 1. The Kier molecular flexibility index (Phi) is 7.97. The van der Waals surface area contributed by atoms with Crippen LogP contribution in [-0.2, 0) is 27.8 Å². The van der Waals surface area contributed by atoms with E-state index in [2.05, 4.69) is 57.0 Å². The van der Waals surface area contributed by atoms with Crippen molar-refractivity contribution in [3.8, 4) is 5.75 Å². The fourth-order valence-electron chi connectivity index (χ4n) is 3.90. The molecule has 7 heteroatoms. The summed E-state index contributed by atoms with van der Waals surface area (Å²) in [6.45, 7) is 12.5. The highest BCUT2D eigenvalue weighted by Crippen LogP contribution is 2.42. The summed E-state index contributed by atoms with van der Waals surface area (Å²) in [5.41, 5.74) is 4.06. The van der Waals surface area contributed by atoms with E-state index in [1.54, 1.807) is 6.92 Å². The van der Waals surface area contributed by atoms with Crippen molar-refractivity contribution in [3.63, 3.8) is 0 Å². The summed E-state index contributed by atoms with van der Waals surface area (Å²) in [5.74, 6) is 1.05. The van der Waals surface area contributed by atoms with Crippen LogP contribution >= 0.6 is 0 Å². The van der Waals surface area contributed by atoms with E-state index in [0.29, 0.717) is 16.8 Å². The topological polar surface area (TPSA) is 84.4 Å². The minimum atomic E-state index is -1.13. The number of imidazole rings is 1. The van der Waals surface area contributed by atoms with Crippen LogP contribution in [0.1, 0.15) is 62.7 Å². The number of ether oxygens (including phenoxy) is 1. The van der Waals surface area contributed by atoms with Crippen molar-refractivity contribution in [2.24, 2.45) is 0 Å². The Balaban J connectivity index is 2.11. The number of H-pyrrole nitrogens is 1. The maximum absolute atomic E-state index is 12.2. The number of hydrogen-bond acceptors (Lipinski definition) is 5. The second-order valence-electron chi connectivity index (χ2n) is 9.52. The molecule has 3 rings (SSSR count). The van der Waals surface area contributed by atoms with Crippen molar-refractivity contribution in [3.05, 3.63) is 58.9 Å². The third-order valence-corrected chi connectivity index (χ3v) is 6.03. The molecule has 1 heterocycles. The summed E-state index contributed by atoms with van der Waals surface area (Å²) in [7, 11) is -1.13. The number of carbonyl (C=O) groups is 1. The molecule has 0 aliphatic heterocycles. The summed E-state index contributed by atoms with van der Waals surface area (Å²) >= 11 is 0. The molecule has 0 spiro atoms. The summed E-state index contributed by atoms with van der Waals surface area (Å²) in [6.07, 6.45) is 0.377. The SMILES string of the molecule is CCOC(=O)CC(O)c1c(O[Si](C)C)c(C(C)(C)C)cc2[nH]c(CCc3ccccc3)nc12. The summed E-state index contributed by atoms with van der Waals surface area (Å²) in [4.78, 5) is 20.5. The fraction of sp³-hybridized carbons (Fsp3) is 0.462. The molecular weight excluding hydrogens is 432 g/mol. The Hall–Kier alpha value is -2.64. The number of nitrogens with one attached hydrogen (secondary N) is 1. The second kappa shape index (κ2) is 10.5. The van der Waals surface area contributed by atoms with Gasteiger partial charge in [0.1, 0.15) is 11.6 Å². The molecule has 0 aliphatic rings. The van der Waals surface area contributed by atoms with Gasteiger partial charge in [-0.15, -0.1) is 0 Å². The summed E-state index contributed by atoms with van der Waals surface area (Å²) < 4.78 is 11.4. The van der Waals surface area contributed by atoms with Crippen molar-refractivity contribution in [2.45, 2.75) is 71.6 Å². The Labute approximate surface area is 198 Å². The maximum atomic E-state index is 12.2. The largest absolute Gasteiger partial charge is 0.542 e. The quantitative estimate of drug-likeness (QED) is 0.331. The van der Waals surface area contributed by atoms with Gasteiger partial charge in [0.2, 0.25) is 0 Å². The molecule has 2 aromatic carbocycles. The molecule has 0 aliphatic carbocycles. The van der Waals surface area contributed by atoms with Crippen molar-refractivity contribution in [2.75, 3.05) is 6.61 Å². The number of aryl methyl sites for hydroxylation is 2. The molecule has 0 bridgehead atoms. The van der Waals surface area contributed by atoms with Gasteiger partial charge in [0.15, 0.2) is 0 Å². The third kappa shape index (κ3) is 6.24. The molecule has 1 unspecified atom stereocenters. The molecule has 33 heavy (non-hydrogen) atoms. The normalized spacial score (nSPS) is 12.8. The van der Waals surface area contributed by atoms with Gasteiger partial charge in [0.05, 0.1) is 30.2 Å². The smallest absolute Gasteiger partial charge is 0.308 e. The van der Waals surface area contributed by atoms with Crippen LogP contribution in [0.4, 0.5) is 0 Å². The standard InChI is InChI=1S/C26H35N2O4Si/c1-7-31-22(30)16-20(29)23-24-19(15-18(26(2,3)4)25(23)32-33(5)6)27-21(28-24)14-13-17-11-9-8-10-12-17/h8-12,15,20,29H,7,13-14,16H2,1-6H3,(H,27,28). The highest BCUT2D eigenvalue weighted by atomic mass is 28.3. The molecule has 2 N–H and O–H groups in total. The molecule has 3 aromatic rings. The Bertz CT molecular complexity index is 1090. The van der Waals surface area contributed by atoms with Gasteiger partial charge in [0.25, 0.3) is 9.04 Å². The van der Waals surface area contributed by atoms with Gasteiger partial charge >= 0.3 is 5.97 Å². The van der Waals surface area contributed by atoms with Crippen LogP contribution in [0, 0.1) is 0 Å². The first-order valence-electron chi connectivity index (χ1n) is 11.5. The number of hydrogen-bond donors (Lipinski definition) is 2. The lowest BCUT2D eigenvalue weighted by molar-refractivity contribution is -0.145. The first kappa shape index (κ1) is 25.0. The zero-order valence-electron chi connectivity index (χ0n) is 20.5. The highest BCUT2D eigenvalue weighted by molar-refractivity contribution is 6.49. The van der Waals surface area contributed by atoms with Gasteiger partial charge < -0.3 is 19.3 Å². The number of carbonyl (C=O) groups excluding carboxylic acids is 1. The van der Waals surface area contributed by atoms with Crippen molar-refractivity contribution in [1.82, 2.24) is 9.97 Å². The molecule has 1 atom stereocenters. The van der Waals surface area contributed by atoms with E-state index in [9.17, 15) is 9.90 Å². The predicted octanol–water partition coefficient (Wildman–Crippen LogP) is 5.26. The number of benzene rings is 2. The number of fused-ring (bicyclic) bond motifs is 1. The van der Waals surface area contributed by atoms with Crippen molar-refractivity contribution in [1.29, 1.82) is 0 Å². The van der Waals surface area contributed by atoms with Crippen molar-refractivity contribution >= 4 is 26.0 Å². The first-order valence-corrected chi connectivity index (χ1v) is 13.9. The number of aromatic nitrogens is 2. The maximum Gasteiger partial charge on any atom is 0.308 e. The highest BCUT2D eigenvalue weighted by Gasteiger charge is 2.30. The Morgan fingerprint density at radius 2 is 1.88 bits per heavy atom. The van der Waals surface area contributed by atoms with Gasteiger partial charge in [0, 0.05) is 17.5 Å². The van der Waals surface area contributed by atoms with Crippen LogP contribution in [0.2, 0.25) is 13.1 Å². The van der Waals surface area contributed by atoms with E-state index in [4.69, 9.17) is 14.1 Å². The molecule has 0 fully saturated rings. The van der Waals surface area contributed by atoms with Crippen LogP contribution in [0.3, 0.4) is 0 Å². The average Bonchev–Trinajstić information content (AvgIpc) is 3.14. The van der Waals surface area contributed by atoms with E-state index in [1.165, 1.54) is 5.56 Å². The minimum absolute atomic E-state index is 0.144. The van der Waals surface area contributed by atoms with E-state index < -0.39 is 21.1 Å². The van der Waals surface area contributed by atoms with Gasteiger partial charge in [-0.25, -0.2) is 4.98 Å². The third-order valence-electron chi connectivity index (χ3n) is 5.42. The molecule has 0 saturated heterocycles. The number of nitrogens with zero attached hydrogens (tertiary/aromatic N) is 1. The molecule has 0 saturated carbocycles. The zero-order valence-corrected chi connectivity index (χ0v) is 21.5. The van der Waals surface area contributed by atoms with Crippen LogP contribution in [-0.4, -0.2) is 36.7 Å². The van der Waals surface area contributed by atoms with Crippen LogP contribution in [0.15, 0.2) is 36.4 Å². The molecule has 6 nitrogen and oxygen atoms in total. The molecule has 0 amide bonds. The minimum Gasteiger partial charge on any atom is -0.542 e. The monoisotopic (exact) mass is 467 g/mol. The second-order valence-corrected chi connectivity index (χ2v) is 11.5. The zero-order chi connectivity index (χ0) is 24.2. The molecule has 1 aromatic heterocycles. The fourth-order valence-corrected chi connectivity index (χ4v) is 4.52. The van der Waals surface area contributed by atoms with E-state index in [0.717, 1.165) is 29.7 Å². The Morgan fingerprint density at radius 3 is 2.48 bits per heavy atom. The van der Waals surface area contributed by atoms with E-state index in [1.807, 2.05) is 18.2 Å². The van der Waals surface area contributed by atoms with Crippen LogP contribution in [0.25, 0.3) is 11.0 Å². The Morgan fingerprint density at radius 1 is 1.18 bits per heavy atom. The molecular formula is C26H35N2O4Si. The van der Waals surface area contributed by atoms with E-state index >= 15 is 0 Å². The number of esters is 1. The molecule has 177 valence electrons. The van der Waals surface area contributed by atoms with Gasteiger partial charge in [-0.2, -0.15) is 0 Å². The number of aliphatic hydroxyl groups is 1. The summed E-state index contributed by atoms with van der Waals surface area (Å²) in [5, 5.41) is 11.2. The number of aliphatic hydroxyl groups excluding tert-OH is 1.